The number of thiophene rings is 1. The van der Waals surface area contributed by atoms with Crippen molar-refractivity contribution in [1.29, 1.82) is 0 Å². The molecule has 158 valence electrons. The molecule has 0 spiro atoms. The maximum atomic E-state index is 12.5. The maximum Gasteiger partial charge on any atom is 0.223 e. The average Bonchev–Trinajstić information content (AvgIpc) is 3.29. The fourth-order valence-corrected chi connectivity index (χ4v) is 4.51. The van der Waals surface area contributed by atoms with Crippen molar-refractivity contribution in [3.8, 4) is 0 Å². The number of nitrogens with zero attached hydrogens (tertiary/aromatic N) is 2. The summed E-state index contributed by atoms with van der Waals surface area (Å²) in [6.45, 7) is 6.51. The highest BCUT2D eigenvalue weighted by Gasteiger charge is 2.22. The van der Waals surface area contributed by atoms with E-state index in [-0.39, 0.29) is 29.9 Å². The van der Waals surface area contributed by atoms with Crippen LogP contribution in [0.4, 0.5) is 0 Å². The minimum Gasteiger partial charge on any atom is -0.356 e. The van der Waals surface area contributed by atoms with Crippen molar-refractivity contribution in [1.82, 2.24) is 15.5 Å². The lowest BCUT2D eigenvalue weighted by molar-refractivity contribution is -0.131. The molecule has 2 aromatic rings. The molecule has 2 heterocycles. The fraction of sp³-hybridized carbons (Fsp3) is 0.455. The molecule has 0 saturated heterocycles. The summed E-state index contributed by atoms with van der Waals surface area (Å²) in [5.41, 5.74) is 2.54. The number of fused-ring (bicyclic) bond motifs is 1. The molecule has 2 N–H and O–H groups in total. The first-order valence-corrected chi connectivity index (χ1v) is 10.7. The van der Waals surface area contributed by atoms with Crippen LogP contribution in [-0.2, 0) is 24.3 Å². The topological polar surface area (TPSA) is 56.7 Å². The normalized spacial score (nSPS) is 14.2. The smallest absolute Gasteiger partial charge is 0.223 e. The molecule has 0 bridgehead atoms. The monoisotopic (exact) mass is 526 g/mol. The Hall–Kier alpha value is -1.61. The van der Waals surface area contributed by atoms with Crippen LogP contribution in [0.3, 0.4) is 0 Å². The second-order valence-electron chi connectivity index (χ2n) is 7.38. The van der Waals surface area contributed by atoms with Gasteiger partial charge in [0.05, 0.1) is 0 Å². The summed E-state index contributed by atoms with van der Waals surface area (Å²) in [5, 5.41) is 6.76. The first-order valence-electron chi connectivity index (χ1n) is 9.92. The van der Waals surface area contributed by atoms with Gasteiger partial charge in [0.25, 0.3) is 0 Å². The number of amides is 1. The van der Waals surface area contributed by atoms with Gasteiger partial charge in [0, 0.05) is 55.3 Å². The molecule has 0 radical (unpaired) electrons. The van der Waals surface area contributed by atoms with Gasteiger partial charge < -0.3 is 15.5 Å². The first-order chi connectivity index (χ1) is 13.5. The van der Waals surface area contributed by atoms with Gasteiger partial charge in [-0.15, -0.1) is 35.3 Å². The van der Waals surface area contributed by atoms with Crippen molar-refractivity contribution in [2.24, 2.45) is 4.99 Å². The minimum atomic E-state index is 0. The second-order valence-corrected chi connectivity index (χ2v) is 8.76. The zero-order valence-corrected chi connectivity index (χ0v) is 20.6. The van der Waals surface area contributed by atoms with Crippen molar-refractivity contribution < 1.29 is 4.79 Å². The highest BCUT2D eigenvalue weighted by atomic mass is 127. The van der Waals surface area contributed by atoms with Crippen LogP contribution in [0.15, 0.2) is 41.4 Å². The number of benzene rings is 1. The summed E-state index contributed by atoms with van der Waals surface area (Å²) in [6, 6.07) is 12.9. The Bertz CT molecular complexity index is 811. The quantitative estimate of drug-likeness (QED) is 0.247. The Morgan fingerprint density at radius 1 is 1.21 bits per heavy atom. The number of carbonyl (C=O) groups excluding carboxylic acids is 1. The van der Waals surface area contributed by atoms with Gasteiger partial charge in [-0.1, -0.05) is 24.3 Å². The van der Waals surface area contributed by atoms with Crippen LogP contribution in [0, 0.1) is 6.92 Å². The second kappa shape index (κ2) is 11.5. The van der Waals surface area contributed by atoms with Gasteiger partial charge in [-0.2, -0.15) is 0 Å². The highest BCUT2D eigenvalue weighted by molar-refractivity contribution is 14.0. The van der Waals surface area contributed by atoms with Gasteiger partial charge in [0.2, 0.25) is 5.91 Å². The van der Waals surface area contributed by atoms with Crippen LogP contribution in [-0.4, -0.2) is 36.4 Å². The Balaban J connectivity index is 0.00000300. The molecule has 0 aliphatic carbocycles. The SMILES string of the molecule is CN=C(NCCCC(=O)N1Cc2ccccc2C1)NC(C)Cc1ccc(C)s1.I. The molecular formula is C22H31IN4OS. The van der Waals surface area contributed by atoms with E-state index in [0.717, 1.165) is 38.4 Å². The minimum absolute atomic E-state index is 0. The van der Waals surface area contributed by atoms with Crippen LogP contribution in [0.5, 0.6) is 0 Å². The Labute approximate surface area is 195 Å². The Morgan fingerprint density at radius 2 is 1.90 bits per heavy atom. The van der Waals surface area contributed by atoms with Gasteiger partial charge >= 0.3 is 0 Å². The Morgan fingerprint density at radius 3 is 2.48 bits per heavy atom. The van der Waals surface area contributed by atoms with E-state index in [1.54, 1.807) is 7.05 Å². The van der Waals surface area contributed by atoms with Gasteiger partial charge in [-0.05, 0) is 43.5 Å². The first kappa shape index (κ1) is 23.7. The molecule has 5 nitrogen and oxygen atoms in total. The third kappa shape index (κ3) is 6.99. The van der Waals surface area contributed by atoms with Crippen LogP contribution in [0.1, 0.15) is 40.6 Å². The van der Waals surface area contributed by atoms with E-state index in [2.05, 4.69) is 53.7 Å². The number of guanidine groups is 1. The van der Waals surface area contributed by atoms with Gasteiger partial charge in [-0.25, -0.2) is 0 Å². The molecule has 29 heavy (non-hydrogen) atoms. The lowest BCUT2D eigenvalue weighted by Crippen LogP contribution is -2.43. The van der Waals surface area contributed by atoms with E-state index >= 15 is 0 Å². The van der Waals surface area contributed by atoms with E-state index < -0.39 is 0 Å². The molecule has 0 saturated carbocycles. The van der Waals surface area contributed by atoms with E-state index in [1.165, 1.54) is 20.9 Å². The van der Waals surface area contributed by atoms with Gasteiger partial charge in [-0.3, -0.25) is 9.79 Å². The number of carbonyl (C=O) groups is 1. The van der Waals surface area contributed by atoms with Crippen LogP contribution in [0.25, 0.3) is 0 Å². The predicted octanol–water partition coefficient (Wildman–Crippen LogP) is 4.09. The summed E-state index contributed by atoms with van der Waals surface area (Å²) < 4.78 is 0. The number of halogens is 1. The molecule has 1 aromatic carbocycles. The van der Waals surface area contributed by atoms with E-state index in [4.69, 9.17) is 0 Å². The van der Waals surface area contributed by atoms with E-state index in [9.17, 15) is 4.79 Å². The number of aryl methyl sites for hydroxylation is 1. The lowest BCUT2D eigenvalue weighted by atomic mass is 10.1. The largest absolute Gasteiger partial charge is 0.356 e. The standard InChI is InChI=1S/C22H30N4OS.HI/c1-16(13-20-11-10-17(2)28-20)25-22(23-3)24-12-6-9-21(27)26-14-18-7-4-5-8-19(18)15-26;/h4-5,7-8,10-11,16H,6,9,12-15H2,1-3H3,(H2,23,24,25);1H. The van der Waals surface area contributed by atoms with Crippen molar-refractivity contribution in [3.63, 3.8) is 0 Å². The van der Waals surface area contributed by atoms with Crippen LogP contribution in [0.2, 0.25) is 0 Å². The molecule has 7 heteroatoms. The summed E-state index contributed by atoms with van der Waals surface area (Å²) in [4.78, 5) is 21.4. The molecular weight excluding hydrogens is 495 g/mol. The molecule has 1 atom stereocenters. The summed E-state index contributed by atoms with van der Waals surface area (Å²) in [6.07, 6.45) is 2.33. The van der Waals surface area contributed by atoms with Crippen molar-refractivity contribution in [2.45, 2.75) is 52.2 Å². The molecule has 3 rings (SSSR count). The summed E-state index contributed by atoms with van der Waals surface area (Å²) in [5.74, 6) is 1.02. The van der Waals surface area contributed by atoms with Crippen molar-refractivity contribution in [2.75, 3.05) is 13.6 Å². The van der Waals surface area contributed by atoms with Gasteiger partial charge in [0.1, 0.15) is 0 Å². The molecule has 1 aromatic heterocycles. The van der Waals surface area contributed by atoms with Crippen molar-refractivity contribution in [3.05, 3.63) is 57.3 Å². The number of nitrogens with one attached hydrogen (secondary N) is 2. The van der Waals surface area contributed by atoms with E-state index in [1.807, 2.05) is 28.4 Å². The predicted molar refractivity (Wildman–Crippen MR) is 132 cm³/mol. The zero-order valence-electron chi connectivity index (χ0n) is 17.4. The molecule has 1 aliphatic heterocycles. The number of hydrogen-bond acceptors (Lipinski definition) is 3. The van der Waals surface area contributed by atoms with Crippen LogP contribution < -0.4 is 10.6 Å². The van der Waals surface area contributed by atoms with Gasteiger partial charge in [0.15, 0.2) is 5.96 Å². The third-order valence-electron chi connectivity index (χ3n) is 4.96. The third-order valence-corrected chi connectivity index (χ3v) is 5.99. The fourth-order valence-electron chi connectivity index (χ4n) is 3.49. The molecule has 0 fully saturated rings. The summed E-state index contributed by atoms with van der Waals surface area (Å²) in [7, 11) is 1.78. The zero-order chi connectivity index (χ0) is 19.9. The number of aliphatic imine (C=N–C) groups is 1. The number of hydrogen-bond donors (Lipinski definition) is 2. The average molecular weight is 526 g/mol. The van der Waals surface area contributed by atoms with Crippen LogP contribution >= 0.6 is 35.3 Å². The Kier molecular flexibility index (Phi) is 9.42. The molecule has 1 aliphatic rings. The van der Waals surface area contributed by atoms with Crippen molar-refractivity contribution >= 4 is 47.2 Å². The van der Waals surface area contributed by atoms with E-state index in [0.29, 0.717) is 12.5 Å². The lowest BCUT2D eigenvalue weighted by Gasteiger charge is -2.18. The molecule has 1 unspecified atom stereocenters. The number of rotatable bonds is 7. The summed E-state index contributed by atoms with van der Waals surface area (Å²) >= 11 is 1.84. The highest BCUT2D eigenvalue weighted by Crippen LogP contribution is 2.22. The maximum absolute atomic E-state index is 12.5. The molecule has 1 amide bonds.